The molecule has 4 aliphatic rings. The molecule has 2 aromatic heterocycles. The second-order valence-corrected chi connectivity index (χ2v) is 9.92. The van der Waals surface area contributed by atoms with Gasteiger partial charge in [-0.15, -0.1) is 0 Å². The van der Waals surface area contributed by atoms with Gasteiger partial charge >= 0.3 is 0 Å². The molecule has 33 heavy (non-hydrogen) atoms. The second kappa shape index (κ2) is 8.08. The molecule has 1 unspecified atom stereocenters. The van der Waals surface area contributed by atoms with Crippen LogP contribution in [0, 0.1) is 17.8 Å². The van der Waals surface area contributed by atoms with Gasteiger partial charge in [-0.25, -0.2) is 4.98 Å². The minimum absolute atomic E-state index is 0.0827. The zero-order valence-corrected chi connectivity index (χ0v) is 18.7. The molecule has 3 fully saturated rings. The topological polar surface area (TPSA) is 99.3 Å². The number of aromatic nitrogens is 3. The van der Waals surface area contributed by atoms with Crippen LogP contribution in [0.25, 0.3) is 0 Å². The predicted octanol–water partition coefficient (Wildman–Crippen LogP) is 2.46. The molecule has 2 aromatic rings. The lowest BCUT2D eigenvalue weighted by Gasteiger charge is -2.29. The predicted molar refractivity (Wildman–Crippen MR) is 120 cm³/mol. The first-order chi connectivity index (χ1) is 16.1. The Morgan fingerprint density at radius 2 is 1.76 bits per heavy atom. The van der Waals surface area contributed by atoms with Crippen LogP contribution < -0.4 is 5.56 Å². The molecule has 0 aromatic carbocycles. The van der Waals surface area contributed by atoms with Gasteiger partial charge in [0.1, 0.15) is 5.82 Å². The summed E-state index contributed by atoms with van der Waals surface area (Å²) in [6, 6.07) is 3.22. The number of aromatic amines is 1. The fourth-order valence-corrected chi connectivity index (χ4v) is 6.33. The first-order valence-electron chi connectivity index (χ1n) is 12.2. The lowest BCUT2D eigenvalue weighted by molar-refractivity contribution is -0.134. The van der Waals surface area contributed by atoms with Gasteiger partial charge in [0.25, 0.3) is 11.5 Å². The summed E-state index contributed by atoms with van der Waals surface area (Å²) in [7, 11) is 0. The maximum atomic E-state index is 13.4. The van der Waals surface area contributed by atoms with E-state index in [1.54, 1.807) is 29.4 Å². The lowest BCUT2D eigenvalue weighted by atomic mass is 10.0. The van der Waals surface area contributed by atoms with Crippen molar-refractivity contribution >= 4 is 11.8 Å². The van der Waals surface area contributed by atoms with E-state index in [-0.39, 0.29) is 29.3 Å². The first-order valence-corrected chi connectivity index (χ1v) is 12.2. The molecular weight excluding hydrogens is 418 g/mol. The molecule has 172 valence electrons. The zero-order chi connectivity index (χ0) is 22.5. The van der Waals surface area contributed by atoms with Crippen LogP contribution in [0.15, 0.2) is 29.3 Å². The van der Waals surface area contributed by atoms with Crippen LogP contribution in [0.2, 0.25) is 0 Å². The third-order valence-corrected chi connectivity index (χ3v) is 8.10. The highest BCUT2D eigenvalue weighted by Crippen LogP contribution is 2.56. The Morgan fingerprint density at radius 1 is 1.00 bits per heavy atom. The summed E-state index contributed by atoms with van der Waals surface area (Å²) < 4.78 is 0. The Balaban J connectivity index is 1.24. The van der Waals surface area contributed by atoms with Crippen LogP contribution in [0.5, 0.6) is 0 Å². The maximum Gasteiger partial charge on any atom is 0.254 e. The van der Waals surface area contributed by atoms with E-state index < -0.39 is 0 Å². The fraction of sp³-hybridized carbons (Fsp3) is 0.560. The number of likely N-dealkylation sites (tertiary alicyclic amines) is 1. The number of nitrogens with zero attached hydrogens (tertiary/aromatic N) is 4. The summed E-state index contributed by atoms with van der Waals surface area (Å²) in [5, 5.41) is 0. The number of hydrogen-bond acceptors (Lipinski definition) is 5. The van der Waals surface area contributed by atoms with Gasteiger partial charge in [0.2, 0.25) is 5.91 Å². The molecule has 4 heterocycles. The summed E-state index contributed by atoms with van der Waals surface area (Å²) in [4.78, 5) is 54.7. The lowest BCUT2D eigenvalue weighted by Crippen LogP contribution is -2.40. The van der Waals surface area contributed by atoms with E-state index in [2.05, 4.69) is 9.97 Å². The monoisotopic (exact) mass is 447 g/mol. The number of nitrogens with one attached hydrogen (secondary N) is 1. The minimum atomic E-state index is -0.176. The number of carbonyl (C=O) groups excluding carboxylic acids is 2. The maximum absolute atomic E-state index is 13.4. The van der Waals surface area contributed by atoms with E-state index in [1.165, 1.54) is 25.7 Å². The Morgan fingerprint density at radius 3 is 2.52 bits per heavy atom. The van der Waals surface area contributed by atoms with Crippen LogP contribution in [0.1, 0.15) is 72.0 Å². The first kappa shape index (κ1) is 20.6. The minimum Gasteiger partial charge on any atom is -0.332 e. The summed E-state index contributed by atoms with van der Waals surface area (Å²) >= 11 is 0. The number of H-pyrrole nitrogens is 1. The van der Waals surface area contributed by atoms with Gasteiger partial charge in [-0.1, -0.05) is 12.8 Å². The van der Waals surface area contributed by atoms with Crippen molar-refractivity contribution in [3.05, 3.63) is 57.5 Å². The van der Waals surface area contributed by atoms with Crippen LogP contribution in [0.3, 0.4) is 0 Å². The van der Waals surface area contributed by atoms with E-state index in [4.69, 9.17) is 4.98 Å². The molecule has 6 rings (SSSR count). The standard InChI is InChI=1S/C25H29N5O3/c31-23-18-9-13-29(24(32)15-7-10-26-11-8-15)14-19(18)27-22(28-23)20-6-3-12-30(20)25(33)21-16-4-1-2-5-17(16)21/h7-8,10-11,16-17,20-21H,1-6,9,12-14H2,(H,27,28,31)/t16-,17+,20-,21?/m1/s1. The summed E-state index contributed by atoms with van der Waals surface area (Å²) in [6.07, 6.45) is 10.3. The summed E-state index contributed by atoms with van der Waals surface area (Å²) in [5.41, 5.74) is 1.76. The molecule has 4 atom stereocenters. The van der Waals surface area contributed by atoms with Crippen LogP contribution in [-0.4, -0.2) is 49.7 Å². The summed E-state index contributed by atoms with van der Waals surface area (Å²) in [5.74, 6) is 2.05. The average molecular weight is 448 g/mol. The number of rotatable bonds is 3. The number of carbonyl (C=O) groups is 2. The van der Waals surface area contributed by atoms with Gasteiger partial charge in [-0.05, 0) is 56.1 Å². The SMILES string of the molecule is O=C(c1ccncc1)N1CCc2c(nc([C@H]3CCCN3C(=O)C3[C@H]4CCCC[C@@H]34)[nH]c2=O)C1. The van der Waals surface area contributed by atoms with Gasteiger partial charge in [0.15, 0.2) is 0 Å². The van der Waals surface area contributed by atoms with Crippen molar-refractivity contribution in [2.24, 2.45) is 17.8 Å². The molecule has 0 spiro atoms. The van der Waals surface area contributed by atoms with E-state index in [0.717, 1.165) is 19.4 Å². The fourth-order valence-electron chi connectivity index (χ4n) is 6.33. The Hall–Kier alpha value is -3.03. The van der Waals surface area contributed by atoms with Crippen molar-refractivity contribution in [2.75, 3.05) is 13.1 Å². The largest absolute Gasteiger partial charge is 0.332 e. The third-order valence-electron chi connectivity index (χ3n) is 8.10. The van der Waals surface area contributed by atoms with Crippen molar-refractivity contribution in [1.29, 1.82) is 0 Å². The Labute approximate surface area is 192 Å². The van der Waals surface area contributed by atoms with Crippen molar-refractivity contribution in [3.63, 3.8) is 0 Å². The number of amides is 2. The number of fused-ring (bicyclic) bond motifs is 2. The zero-order valence-electron chi connectivity index (χ0n) is 18.7. The molecule has 0 radical (unpaired) electrons. The van der Waals surface area contributed by atoms with Crippen LogP contribution >= 0.6 is 0 Å². The molecule has 0 bridgehead atoms. The normalized spacial score (nSPS) is 28.2. The van der Waals surface area contributed by atoms with Gasteiger partial charge in [-0.2, -0.15) is 0 Å². The van der Waals surface area contributed by atoms with Gasteiger partial charge in [0, 0.05) is 42.5 Å². The smallest absolute Gasteiger partial charge is 0.254 e. The van der Waals surface area contributed by atoms with Gasteiger partial charge in [-0.3, -0.25) is 19.4 Å². The molecule has 2 saturated carbocycles. The van der Waals surface area contributed by atoms with Crippen LogP contribution in [-0.2, 0) is 17.8 Å². The molecule has 2 aliphatic heterocycles. The second-order valence-electron chi connectivity index (χ2n) is 9.92. The Bertz CT molecular complexity index is 1130. The highest BCUT2D eigenvalue weighted by molar-refractivity contribution is 5.94. The molecule has 1 saturated heterocycles. The highest BCUT2D eigenvalue weighted by atomic mass is 16.2. The third kappa shape index (κ3) is 3.56. The van der Waals surface area contributed by atoms with Crippen molar-refractivity contribution in [2.45, 2.75) is 57.5 Å². The molecule has 8 heteroatoms. The molecular formula is C25H29N5O3. The summed E-state index contributed by atoms with van der Waals surface area (Å²) in [6.45, 7) is 1.52. The van der Waals surface area contributed by atoms with Gasteiger partial charge in [0.05, 0.1) is 18.3 Å². The molecule has 2 aliphatic carbocycles. The van der Waals surface area contributed by atoms with Crippen molar-refractivity contribution in [3.8, 4) is 0 Å². The molecule has 1 N–H and O–H groups in total. The van der Waals surface area contributed by atoms with E-state index in [0.29, 0.717) is 54.0 Å². The number of pyridine rings is 1. The van der Waals surface area contributed by atoms with Gasteiger partial charge < -0.3 is 14.8 Å². The van der Waals surface area contributed by atoms with Crippen molar-refractivity contribution in [1.82, 2.24) is 24.8 Å². The molecule has 8 nitrogen and oxygen atoms in total. The quantitative estimate of drug-likeness (QED) is 0.779. The molecule has 2 amide bonds. The number of hydrogen-bond donors (Lipinski definition) is 1. The van der Waals surface area contributed by atoms with Crippen molar-refractivity contribution < 1.29 is 9.59 Å². The van der Waals surface area contributed by atoms with E-state index in [9.17, 15) is 14.4 Å². The van der Waals surface area contributed by atoms with E-state index in [1.807, 2.05) is 4.90 Å². The highest BCUT2D eigenvalue weighted by Gasteiger charge is 2.56. The van der Waals surface area contributed by atoms with Crippen LogP contribution in [0.4, 0.5) is 0 Å². The average Bonchev–Trinajstić information content (AvgIpc) is 3.37. The van der Waals surface area contributed by atoms with E-state index >= 15 is 0 Å². The Kier molecular flexibility index (Phi) is 5.03.